The zero-order valence-corrected chi connectivity index (χ0v) is 51.6. The molecule has 6 N–H and O–H groups in total. The lowest BCUT2D eigenvalue weighted by Gasteiger charge is -2.42. The van der Waals surface area contributed by atoms with Crippen LogP contribution in [0.5, 0.6) is 0 Å². The Labute approximate surface area is 384 Å². The summed E-state index contributed by atoms with van der Waals surface area (Å²) < 4.78 is 48.5. The van der Waals surface area contributed by atoms with Gasteiger partial charge in [-0.25, -0.2) is 0 Å². The molecule has 0 spiro atoms. The SMILES string of the molecule is C[Si](C)(O)O[Si](C)(C)O[Si](C)(C)O.C[Si](C)(O)O[Si](C)(C)O[Si](C)(O[Si](C)(C)O)c1ccccc1.C[Si](C)(O)O[Si](C)(C)O[Si](O[Si](C)(C)O)(c1ccccc1)c1ccccc1. The minimum Gasteiger partial charge on any atom is -0.416 e. The van der Waals surface area contributed by atoms with Crippen LogP contribution in [-0.4, -0.2) is 123 Å². The lowest BCUT2D eigenvalue weighted by atomic mass is 10.4. The molecule has 0 saturated heterocycles. The number of hydrogen-bond donors (Lipinski definition) is 6. The Morgan fingerprint density at radius 3 is 0.742 bits per heavy atom. The fraction of sp³-hybridized carbons (Fsp3) is 0.514. The van der Waals surface area contributed by atoms with Crippen LogP contribution in [0.1, 0.15) is 0 Å². The van der Waals surface area contributed by atoms with E-state index in [0.717, 1.165) is 15.6 Å². The molecule has 0 fully saturated rings. The maximum atomic E-state index is 10.7. The molecule has 0 bridgehead atoms. The van der Waals surface area contributed by atoms with E-state index in [0.29, 0.717) is 0 Å². The Bertz CT molecular complexity index is 1700. The average molecular weight is 1060 g/mol. The topological polar surface area (TPSA) is 195 Å². The predicted octanol–water partition coefficient (Wildman–Crippen LogP) is 5.60. The monoisotopic (exact) mass is 1050 g/mol. The van der Waals surface area contributed by atoms with Crippen molar-refractivity contribution >= 4 is 110 Å². The second kappa shape index (κ2) is 22.5. The van der Waals surface area contributed by atoms with Crippen molar-refractivity contribution in [1.82, 2.24) is 0 Å². The maximum Gasteiger partial charge on any atom is 0.389 e. The Balaban J connectivity index is 0.000000494. The van der Waals surface area contributed by atoms with Crippen LogP contribution in [0.2, 0.25) is 124 Å². The molecule has 3 aromatic rings. The second-order valence-corrected chi connectivity index (χ2v) is 56.5. The standard InChI is InChI=1S/C18H30O5Si4.C13H28O5Si4.C6H20O4Si3/c1-24(2,19)21-26(5,6)23-27(22-25(3,4)20,17-13-9-7-10-14-17)18-15-11-8-12-16-18;1-19(2,14)16-21(5,6)18-22(7,17-20(3,4)15)13-11-9-8-10-12-13;1-11(2,7)9-13(5,6)10-12(3,4)8/h7-16,19-20H,1-6H3;8-12,14-15H,1-7H3;7-8H,1-6H3. The number of rotatable bonds is 19. The van der Waals surface area contributed by atoms with E-state index >= 15 is 0 Å². The van der Waals surface area contributed by atoms with Gasteiger partial charge in [0.25, 0.3) is 0 Å². The van der Waals surface area contributed by atoms with Gasteiger partial charge in [-0.05, 0) is 140 Å². The summed E-state index contributed by atoms with van der Waals surface area (Å²) >= 11 is 0. The highest BCUT2D eigenvalue weighted by Gasteiger charge is 2.52. The lowest BCUT2D eigenvalue weighted by molar-refractivity contribution is 0.281. The summed E-state index contributed by atoms with van der Waals surface area (Å²) in [5, 5.41) is 2.77. The van der Waals surface area contributed by atoms with Crippen LogP contribution in [0.15, 0.2) is 91.0 Å². The van der Waals surface area contributed by atoms with Gasteiger partial charge in [-0.15, -0.1) is 0 Å². The van der Waals surface area contributed by atoms with Crippen molar-refractivity contribution in [1.29, 1.82) is 0 Å². The molecule has 1 unspecified atom stereocenters. The summed E-state index contributed by atoms with van der Waals surface area (Å²) in [6, 6.07) is 29.3. The molecular weight excluding hydrogens is 977 g/mol. The van der Waals surface area contributed by atoms with E-state index < -0.39 is 94.2 Å². The van der Waals surface area contributed by atoms with Crippen molar-refractivity contribution in [3.05, 3.63) is 91.0 Å². The minimum absolute atomic E-state index is 0.910. The average Bonchev–Trinajstić information content (AvgIpc) is 2.99. The van der Waals surface area contributed by atoms with Gasteiger partial charge in [0.2, 0.25) is 0 Å². The number of hydrogen-bond acceptors (Lipinski definition) is 14. The lowest BCUT2D eigenvalue weighted by Crippen LogP contribution is -2.71. The Morgan fingerprint density at radius 2 is 0.484 bits per heavy atom. The molecule has 0 heterocycles. The van der Waals surface area contributed by atoms with Crippen molar-refractivity contribution in [2.24, 2.45) is 0 Å². The van der Waals surface area contributed by atoms with Crippen molar-refractivity contribution in [3.8, 4) is 0 Å². The molecule has 0 aliphatic heterocycles. The van der Waals surface area contributed by atoms with Crippen LogP contribution < -0.4 is 15.6 Å². The summed E-state index contributed by atoms with van der Waals surface area (Å²) in [6.45, 7) is 33.8. The van der Waals surface area contributed by atoms with Gasteiger partial charge in [0.05, 0.1) is 0 Å². The summed E-state index contributed by atoms with van der Waals surface area (Å²) in [7, 11) is -30.2. The minimum atomic E-state index is -3.26. The van der Waals surface area contributed by atoms with Crippen molar-refractivity contribution in [2.45, 2.75) is 124 Å². The largest absolute Gasteiger partial charge is 0.416 e. The molecule has 14 nitrogen and oxygen atoms in total. The third-order valence-electron chi connectivity index (χ3n) is 7.26. The van der Waals surface area contributed by atoms with Crippen LogP contribution in [0, 0.1) is 0 Å². The predicted molar refractivity (Wildman–Crippen MR) is 275 cm³/mol. The van der Waals surface area contributed by atoms with E-state index in [2.05, 4.69) is 0 Å². The summed E-state index contributed by atoms with van der Waals surface area (Å²) in [4.78, 5) is 60.5. The van der Waals surface area contributed by atoms with Crippen LogP contribution in [-0.2, 0) is 32.9 Å². The fourth-order valence-electron chi connectivity index (χ4n) is 6.73. The van der Waals surface area contributed by atoms with Crippen LogP contribution >= 0.6 is 0 Å². The maximum absolute atomic E-state index is 10.7. The van der Waals surface area contributed by atoms with Gasteiger partial charge in [-0.3, -0.25) is 0 Å². The molecule has 25 heteroatoms. The zero-order valence-electron chi connectivity index (χ0n) is 40.6. The zero-order chi connectivity index (χ0) is 48.5. The van der Waals surface area contributed by atoms with Crippen molar-refractivity contribution in [3.63, 3.8) is 0 Å². The highest BCUT2D eigenvalue weighted by molar-refractivity contribution is 7.01. The first-order valence-electron chi connectivity index (χ1n) is 20.6. The van der Waals surface area contributed by atoms with Gasteiger partial charge < -0.3 is 61.7 Å². The van der Waals surface area contributed by atoms with E-state index in [1.807, 2.05) is 137 Å². The molecule has 1 atom stereocenters. The smallest absolute Gasteiger partial charge is 0.389 e. The molecule has 0 amide bonds. The third-order valence-corrected chi connectivity index (χ3v) is 40.0. The van der Waals surface area contributed by atoms with E-state index in [4.69, 9.17) is 32.9 Å². The van der Waals surface area contributed by atoms with Crippen molar-refractivity contribution < 1.29 is 61.7 Å². The van der Waals surface area contributed by atoms with Crippen LogP contribution in [0.3, 0.4) is 0 Å². The first kappa shape index (κ1) is 59.5. The van der Waals surface area contributed by atoms with E-state index in [-0.39, 0.29) is 0 Å². The van der Waals surface area contributed by atoms with E-state index in [9.17, 15) is 28.8 Å². The first-order chi connectivity index (χ1) is 27.5. The molecule has 62 heavy (non-hydrogen) atoms. The Morgan fingerprint density at radius 1 is 0.258 bits per heavy atom. The van der Waals surface area contributed by atoms with Crippen LogP contribution in [0.4, 0.5) is 0 Å². The highest BCUT2D eigenvalue weighted by Crippen LogP contribution is 2.25. The fourth-order valence-corrected chi connectivity index (χ4v) is 47.1. The molecule has 0 radical (unpaired) electrons. The molecule has 0 aromatic heterocycles. The summed E-state index contributed by atoms with van der Waals surface area (Å²) in [5.74, 6) is 0. The van der Waals surface area contributed by atoms with Gasteiger partial charge >= 0.3 is 94.2 Å². The van der Waals surface area contributed by atoms with Crippen molar-refractivity contribution in [2.75, 3.05) is 0 Å². The molecule has 0 aliphatic carbocycles. The summed E-state index contributed by atoms with van der Waals surface area (Å²) in [5.41, 5.74) is 0. The quantitative estimate of drug-likeness (QED) is 0.0813. The van der Waals surface area contributed by atoms with Gasteiger partial charge in [0.1, 0.15) is 0 Å². The molecule has 3 aromatic carbocycles. The molecule has 3 rings (SSSR count). The van der Waals surface area contributed by atoms with Gasteiger partial charge in [0.15, 0.2) is 0 Å². The Hall–Kier alpha value is -0.514. The van der Waals surface area contributed by atoms with Gasteiger partial charge in [-0.2, -0.15) is 0 Å². The molecule has 354 valence electrons. The van der Waals surface area contributed by atoms with E-state index in [1.54, 1.807) is 78.6 Å². The third kappa shape index (κ3) is 25.4. The Kier molecular flexibility index (Phi) is 21.6. The highest BCUT2D eigenvalue weighted by atomic mass is 28.5. The molecule has 0 aliphatic rings. The first-order valence-corrected chi connectivity index (χ1v) is 50.3. The van der Waals surface area contributed by atoms with Gasteiger partial charge in [-0.1, -0.05) is 91.0 Å². The normalized spacial score (nSPS) is 14.9. The molecular formula is C37H78O14Si11. The number of benzene rings is 3. The molecule has 0 saturated carbocycles. The van der Waals surface area contributed by atoms with Crippen LogP contribution in [0.25, 0.3) is 0 Å². The van der Waals surface area contributed by atoms with Gasteiger partial charge in [0, 0.05) is 0 Å². The summed E-state index contributed by atoms with van der Waals surface area (Å²) in [6.07, 6.45) is 0. The second-order valence-electron chi connectivity index (χ2n) is 19.4. The van der Waals surface area contributed by atoms with E-state index in [1.165, 1.54) is 0 Å².